The second kappa shape index (κ2) is 6.88. The van der Waals surface area contributed by atoms with Crippen LogP contribution in [0.5, 0.6) is 0 Å². The Morgan fingerprint density at radius 1 is 1.10 bits per heavy atom. The number of carbonyl (C=O) groups excluding carboxylic acids is 1. The van der Waals surface area contributed by atoms with E-state index in [1.165, 1.54) is 0 Å². The third kappa shape index (κ3) is 4.31. The van der Waals surface area contributed by atoms with E-state index >= 15 is 0 Å². The van der Waals surface area contributed by atoms with E-state index in [-0.39, 0.29) is 17.9 Å². The summed E-state index contributed by atoms with van der Waals surface area (Å²) in [5, 5.41) is 3.02. The van der Waals surface area contributed by atoms with Gasteiger partial charge in [-0.1, -0.05) is 19.1 Å². The lowest BCUT2D eigenvalue weighted by molar-refractivity contribution is -0.122. The van der Waals surface area contributed by atoms with Crippen molar-refractivity contribution >= 4 is 11.6 Å². The largest absolute Gasteiger partial charge is 0.399 e. The van der Waals surface area contributed by atoms with Gasteiger partial charge in [0.05, 0.1) is 6.04 Å². The van der Waals surface area contributed by atoms with Crippen LogP contribution < -0.4 is 11.1 Å². The predicted octanol–water partition coefficient (Wildman–Crippen LogP) is 3.03. The van der Waals surface area contributed by atoms with Crippen molar-refractivity contribution in [3.8, 4) is 0 Å². The fourth-order valence-electron chi connectivity index (χ4n) is 2.26. The zero-order valence-corrected chi connectivity index (χ0v) is 12.4. The molecule has 0 saturated carbocycles. The summed E-state index contributed by atoms with van der Waals surface area (Å²) in [6, 6.07) is 11.5. The first-order valence-corrected chi connectivity index (χ1v) is 7.11. The van der Waals surface area contributed by atoms with Gasteiger partial charge in [-0.15, -0.1) is 0 Å². The fourth-order valence-corrected chi connectivity index (χ4v) is 2.26. The van der Waals surface area contributed by atoms with Gasteiger partial charge in [0, 0.05) is 24.5 Å². The maximum atomic E-state index is 12.1. The lowest BCUT2D eigenvalue weighted by Gasteiger charge is -2.17. The molecular formula is C17H21N3O. The molecule has 1 unspecified atom stereocenters. The summed E-state index contributed by atoms with van der Waals surface area (Å²) in [5.41, 5.74) is 8.59. The number of nitrogens with zero attached hydrogens (tertiary/aromatic N) is 1. The Morgan fingerprint density at radius 2 is 1.71 bits per heavy atom. The molecule has 2 aromatic rings. The van der Waals surface area contributed by atoms with E-state index in [2.05, 4.69) is 10.3 Å². The van der Waals surface area contributed by atoms with Crippen molar-refractivity contribution in [3.63, 3.8) is 0 Å². The Morgan fingerprint density at radius 3 is 2.33 bits per heavy atom. The highest BCUT2D eigenvalue weighted by atomic mass is 16.1. The SMILES string of the molecule is CC(CC(=O)N[C@@H](C)c1ccncc1)c1ccc(N)cc1. The van der Waals surface area contributed by atoms with Crippen molar-refractivity contribution in [2.24, 2.45) is 0 Å². The summed E-state index contributed by atoms with van der Waals surface area (Å²) in [6.07, 6.45) is 3.92. The highest BCUT2D eigenvalue weighted by Gasteiger charge is 2.14. The quantitative estimate of drug-likeness (QED) is 0.829. The average Bonchev–Trinajstić information content (AvgIpc) is 2.48. The molecule has 110 valence electrons. The molecule has 3 N–H and O–H groups in total. The normalized spacial score (nSPS) is 13.4. The smallest absolute Gasteiger partial charge is 0.221 e. The van der Waals surface area contributed by atoms with Gasteiger partial charge < -0.3 is 11.1 Å². The maximum Gasteiger partial charge on any atom is 0.221 e. The standard InChI is InChI=1S/C17H21N3O/c1-12(14-3-5-16(18)6-4-14)11-17(21)20-13(2)15-7-9-19-10-8-15/h3-10,12-13H,11,18H2,1-2H3,(H,20,21)/t12?,13-/m0/s1. The first kappa shape index (κ1) is 15.0. The van der Waals surface area contributed by atoms with Crippen LogP contribution >= 0.6 is 0 Å². The number of benzene rings is 1. The van der Waals surface area contributed by atoms with Gasteiger partial charge in [0.2, 0.25) is 5.91 Å². The molecule has 0 aliphatic heterocycles. The molecule has 0 aliphatic carbocycles. The maximum absolute atomic E-state index is 12.1. The van der Waals surface area contributed by atoms with Gasteiger partial charge in [-0.2, -0.15) is 0 Å². The Hall–Kier alpha value is -2.36. The Labute approximate surface area is 125 Å². The topological polar surface area (TPSA) is 68.0 Å². The summed E-state index contributed by atoms with van der Waals surface area (Å²) in [6.45, 7) is 4.02. The third-order valence-electron chi connectivity index (χ3n) is 3.58. The highest BCUT2D eigenvalue weighted by molar-refractivity contribution is 5.77. The second-order valence-corrected chi connectivity index (χ2v) is 5.34. The number of aromatic nitrogens is 1. The number of nitrogen functional groups attached to an aromatic ring is 1. The molecule has 0 bridgehead atoms. The first-order valence-electron chi connectivity index (χ1n) is 7.11. The number of hydrogen-bond acceptors (Lipinski definition) is 3. The van der Waals surface area contributed by atoms with Crippen molar-refractivity contribution in [2.75, 3.05) is 5.73 Å². The van der Waals surface area contributed by atoms with Crippen LogP contribution in [0, 0.1) is 0 Å². The minimum atomic E-state index is -0.0147. The number of carbonyl (C=O) groups is 1. The van der Waals surface area contributed by atoms with Gasteiger partial charge in [0.25, 0.3) is 0 Å². The van der Waals surface area contributed by atoms with Crippen molar-refractivity contribution in [1.29, 1.82) is 0 Å². The van der Waals surface area contributed by atoms with E-state index in [1.54, 1.807) is 12.4 Å². The van der Waals surface area contributed by atoms with Crippen LogP contribution in [0.4, 0.5) is 5.69 Å². The number of amides is 1. The van der Waals surface area contributed by atoms with E-state index in [0.29, 0.717) is 6.42 Å². The molecule has 0 fully saturated rings. The fraction of sp³-hybridized carbons (Fsp3) is 0.294. The van der Waals surface area contributed by atoms with Crippen molar-refractivity contribution < 1.29 is 4.79 Å². The molecule has 1 heterocycles. The molecule has 0 aliphatic rings. The number of hydrogen-bond donors (Lipinski definition) is 2. The summed E-state index contributed by atoms with van der Waals surface area (Å²) in [5.74, 6) is 0.207. The number of nitrogens with one attached hydrogen (secondary N) is 1. The predicted molar refractivity (Wildman–Crippen MR) is 84.7 cm³/mol. The molecule has 0 radical (unpaired) electrons. The van der Waals surface area contributed by atoms with Crippen LogP contribution in [-0.2, 0) is 4.79 Å². The molecule has 21 heavy (non-hydrogen) atoms. The summed E-state index contributed by atoms with van der Waals surface area (Å²) >= 11 is 0. The molecule has 4 heteroatoms. The molecule has 0 saturated heterocycles. The lowest BCUT2D eigenvalue weighted by atomic mass is 9.97. The summed E-state index contributed by atoms with van der Waals surface area (Å²) in [4.78, 5) is 16.1. The van der Waals surface area contributed by atoms with Crippen LogP contribution in [0.3, 0.4) is 0 Å². The van der Waals surface area contributed by atoms with Gasteiger partial charge in [-0.05, 0) is 48.2 Å². The van der Waals surface area contributed by atoms with Crippen LogP contribution in [0.15, 0.2) is 48.8 Å². The van der Waals surface area contributed by atoms with Gasteiger partial charge in [-0.3, -0.25) is 9.78 Å². The number of nitrogens with two attached hydrogens (primary N) is 1. The van der Waals surface area contributed by atoms with Crippen LogP contribution in [0.2, 0.25) is 0 Å². The van der Waals surface area contributed by atoms with Crippen LogP contribution in [-0.4, -0.2) is 10.9 Å². The highest BCUT2D eigenvalue weighted by Crippen LogP contribution is 2.20. The van der Waals surface area contributed by atoms with E-state index in [9.17, 15) is 4.79 Å². The van der Waals surface area contributed by atoms with E-state index < -0.39 is 0 Å². The lowest BCUT2D eigenvalue weighted by Crippen LogP contribution is -2.27. The molecule has 1 amide bonds. The van der Waals surface area contributed by atoms with Gasteiger partial charge in [-0.25, -0.2) is 0 Å². The van der Waals surface area contributed by atoms with Crippen LogP contribution in [0.25, 0.3) is 0 Å². The second-order valence-electron chi connectivity index (χ2n) is 5.34. The molecule has 1 aromatic carbocycles. The van der Waals surface area contributed by atoms with Gasteiger partial charge >= 0.3 is 0 Å². The van der Waals surface area contributed by atoms with Crippen molar-refractivity contribution in [1.82, 2.24) is 10.3 Å². The van der Waals surface area contributed by atoms with Crippen molar-refractivity contribution in [3.05, 3.63) is 59.9 Å². The zero-order valence-electron chi connectivity index (χ0n) is 12.4. The molecule has 1 aromatic heterocycles. The minimum absolute atomic E-state index is 0.0147. The minimum Gasteiger partial charge on any atom is -0.399 e. The average molecular weight is 283 g/mol. The molecule has 0 spiro atoms. The molecule has 4 nitrogen and oxygen atoms in total. The number of pyridine rings is 1. The Kier molecular flexibility index (Phi) is 4.93. The summed E-state index contributed by atoms with van der Waals surface area (Å²) < 4.78 is 0. The van der Waals surface area contributed by atoms with E-state index in [4.69, 9.17) is 5.73 Å². The first-order chi connectivity index (χ1) is 10.1. The van der Waals surface area contributed by atoms with Gasteiger partial charge in [0.15, 0.2) is 0 Å². The monoisotopic (exact) mass is 283 g/mol. The van der Waals surface area contributed by atoms with Crippen LogP contribution in [0.1, 0.15) is 43.4 Å². The molecule has 2 atom stereocenters. The summed E-state index contributed by atoms with van der Waals surface area (Å²) in [7, 11) is 0. The van der Waals surface area contributed by atoms with Crippen molar-refractivity contribution in [2.45, 2.75) is 32.2 Å². The Balaban J connectivity index is 1.91. The van der Waals surface area contributed by atoms with Gasteiger partial charge in [0.1, 0.15) is 0 Å². The molecular weight excluding hydrogens is 262 g/mol. The van der Waals surface area contributed by atoms with E-state index in [1.807, 2.05) is 50.2 Å². The number of rotatable bonds is 5. The van der Waals surface area contributed by atoms with E-state index in [0.717, 1.165) is 16.8 Å². The molecule has 2 rings (SSSR count). The Bertz CT molecular complexity index is 581. The zero-order chi connectivity index (χ0) is 15.2. The number of anilines is 1. The third-order valence-corrected chi connectivity index (χ3v) is 3.58.